The van der Waals surface area contributed by atoms with Gasteiger partial charge in [0.25, 0.3) is 0 Å². The minimum absolute atomic E-state index is 0.256. The maximum atomic E-state index is 11.1. The van der Waals surface area contributed by atoms with Crippen molar-refractivity contribution in [3.8, 4) is 0 Å². The van der Waals surface area contributed by atoms with Gasteiger partial charge >= 0.3 is 11.9 Å². The van der Waals surface area contributed by atoms with Crippen LogP contribution in [0.3, 0.4) is 0 Å². The lowest BCUT2D eigenvalue weighted by Gasteiger charge is -2.42. The van der Waals surface area contributed by atoms with E-state index in [0.29, 0.717) is 0 Å². The molecule has 1 fully saturated rings. The molecule has 1 aliphatic carbocycles. The molecule has 0 heterocycles. The largest absolute Gasteiger partial charge is 0.455 e. The Morgan fingerprint density at radius 3 is 2.31 bits per heavy atom. The van der Waals surface area contributed by atoms with Gasteiger partial charge in [-0.2, -0.15) is 0 Å². The molecule has 0 radical (unpaired) electrons. The highest BCUT2D eigenvalue weighted by Gasteiger charge is 2.45. The van der Waals surface area contributed by atoms with Gasteiger partial charge in [0.15, 0.2) is 0 Å². The van der Waals surface area contributed by atoms with Gasteiger partial charge in [-0.3, -0.25) is 0 Å². The molecule has 0 N–H and O–H groups in total. The Bertz CT molecular complexity index is 308. The SMILES string of the molecule is C=CC(=O)OC1CC(CC)C1OC(=O)C=C. The first-order valence-corrected chi connectivity index (χ1v) is 5.28. The van der Waals surface area contributed by atoms with Gasteiger partial charge in [-0.25, -0.2) is 9.59 Å². The summed E-state index contributed by atoms with van der Waals surface area (Å²) in [6.07, 6.45) is 3.13. The van der Waals surface area contributed by atoms with Gasteiger partial charge in [-0.15, -0.1) is 0 Å². The lowest BCUT2D eigenvalue weighted by Crippen LogP contribution is -2.51. The smallest absolute Gasteiger partial charge is 0.330 e. The highest BCUT2D eigenvalue weighted by molar-refractivity contribution is 5.82. The summed E-state index contributed by atoms with van der Waals surface area (Å²) in [6, 6.07) is 0. The lowest BCUT2D eigenvalue weighted by atomic mass is 9.77. The second kappa shape index (κ2) is 5.49. The quantitative estimate of drug-likeness (QED) is 0.526. The summed E-state index contributed by atoms with van der Waals surface area (Å²) >= 11 is 0. The molecular weight excluding hydrogens is 208 g/mol. The second-order valence-electron chi connectivity index (χ2n) is 3.69. The van der Waals surface area contributed by atoms with Crippen molar-refractivity contribution in [1.29, 1.82) is 0 Å². The molecule has 1 rings (SSSR count). The molecule has 88 valence electrons. The zero-order valence-corrected chi connectivity index (χ0v) is 9.35. The molecule has 3 unspecified atom stereocenters. The molecule has 0 aromatic rings. The molecule has 0 aliphatic heterocycles. The van der Waals surface area contributed by atoms with Crippen molar-refractivity contribution in [2.45, 2.75) is 32.0 Å². The van der Waals surface area contributed by atoms with Crippen LogP contribution in [-0.4, -0.2) is 24.1 Å². The summed E-state index contributed by atoms with van der Waals surface area (Å²) in [4.78, 5) is 22.1. The number of ether oxygens (including phenoxy) is 2. The summed E-state index contributed by atoms with van der Waals surface area (Å²) < 4.78 is 10.2. The summed E-state index contributed by atoms with van der Waals surface area (Å²) in [5.74, 6) is -0.714. The third-order valence-electron chi connectivity index (χ3n) is 2.74. The fourth-order valence-corrected chi connectivity index (χ4v) is 1.74. The highest BCUT2D eigenvalue weighted by atomic mass is 16.6. The van der Waals surface area contributed by atoms with Gasteiger partial charge in [0.1, 0.15) is 12.2 Å². The maximum Gasteiger partial charge on any atom is 0.330 e. The zero-order valence-electron chi connectivity index (χ0n) is 9.35. The summed E-state index contributed by atoms with van der Waals surface area (Å²) in [5, 5.41) is 0. The van der Waals surface area contributed by atoms with E-state index < -0.39 is 11.9 Å². The van der Waals surface area contributed by atoms with Crippen LogP contribution in [0.5, 0.6) is 0 Å². The molecule has 0 aromatic carbocycles. The maximum absolute atomic E-state index is 11.1. The van der Waals surface area contributed by atoms with Gasteiger partial charge in [0.2, 0.25) is 0 Å². The van der Waals surface area contributed by atoms with Crippen LogP contribution < -0.4 is 0 Å². The van der Waals surface area contributed by atoms with Crippen molar-refractivity contribution in [2.75, 3.05) is 0 Å². The Kier molecular flexibility index (Phi) is 4.28. The van der Waals surface area contributed by atoms with E-state index in [1.54, 1.807) is 0 Å². The molecular formula is C12H16O4. The van der Waals surface area contributed by atoms with E-state index in [-0.39, 0.29) is 18.1 Å². The van der Waals surface area contributed by atoms with Crippen LogP contribution in [-0.2, 0) is 19.1 Å². The van der Waals surface area contributed by atoms with Crippen molar-refractivity contribution in [1.82, 2.24) is 0 Å². The normalized spacial score (nSPS) is 27.4. The van der Waals surface area contributed by atoms with Crippen LogP contribution in [0, 0.1) is 5.92 Å². The van der Waals surface area contributed by atoms with Crippen LogP contribution in [0.4, 0.5) is 0 Å². The van der Waals surface area contributed by atoms with E-state index in [0.717, 1.165) is 25.0 Å². The number of hydrogen-bond donors (Lipinski definition) is 0. The lowest BCUT2D eigenvalue weighted by molar-refractivity contribution is -0.187. The van der Waals surface area contributed by atoms with E-state index in [1.807, 2.05) is 6.92 Å². The fourth-order valence-electron chi connectivity index (χ4n) is 1.74. The van der Waals surface area contributed by atoms with Gasteiger partial charge in [-0.05, 0) is 12.8 Å². The summed E-state index contributed by atoms with van der Waals surface area (Å²) in [7, 11) is 0. The standard InChI is InChI=1S/C12H16O4/c1-4-8-7-9(15-10(13)5-2)12(8)16-11(14)6-3/h5-6,8-9,12H,2-4,7H2,1H3. The third kappa shape index (κ3) is 2.72. The van der Waals surface area contributed by atoms with E-state index in [9.17, 15) is 9.59 Å². The zero-order chi connectivity index (χ0) is 12.1. The first-order valence-electron chi connectivity index (χ1n) is 5.28. The van der Waals surface area contributed by atoms with Crippen LogP contribution in [0.1, 0.15) is 19.8 Å². The van der Waals surface area contributed by atoms with E-state index in [4.69, 9.17) is 9.47 Å². The third-order valence-corrected chi connectivity index (χ3v) is 2.74. The molecule has 4 nitrogen and oxygen atoms in total. The van der Waals surface area contributed by atoms with Crippen molar-refractivity contribution >= 4 is 11.9 Å². The van der Waals surface area contributed by atoms with E-state index >= 15 is 0 Å². The van der Waals surface area contributed by atoms with Crippen molar-refractivity contribution < 1.29 is 19.1 Å². The Hall–Kier alpha value is -1.58. The van der Waals surface area contributed by atoms with E-state index in [2.05, 4.69) is 13.2 Å². The predicted octanol–water partition coefficient (Wildman–Crippen LogP) is 1.61. The molecule has 0 saturated heterocycles. The van der Waals surface area contributed by atoms with Gasteiger partial charge in [0, 0.05) is 18.1 Å². The van der Waals surface area contributed by atoms with Crippen LogP contribution >= 0.6 is 0 Å². The van der Waals surface area contributed by atoms with Crippen molar-refractivity contribution in [3.63, 3.8) is 0 Å². The minimum Gasteiger partial charge on any atom is -0.455 e. The minimum atomic E-state index is -0.487. The first-order chi connectivity index (χ1) is 7.62. The summed E-state index contributed by atoms with van der Waals surface area (Å²) in [5.41, 5.74) is 0. The second-order valence-corrected chi connectivity index (χ2v) is 3.69. The molecule has 0 aromatic heterocycles. The van der Waals surface area contributed by atoms with E-state index in [1.165, 1.54) is 0 Å². The Balaban J connectivity index is 2.53. The Morgan fingerprint density at radius 1 is 1.25 bits per heavy atom. The van der Waals surface area contributed by atoms with Gasteiger partial charge < -0.3 is 9.47 Å². The Morgan fingerprint density at radius 2 is 1.81 bits per heavy atom. The number of rotatable bonds is 5. The number of carbonyl (C=O) groups is 2. The monoisotopic (exact) mass is 224 g/mol. The van der Waals surface area contributed by atoms with Gasteiger partial charge in [0.05, 0.1) is 0 Å². The molecule has 3 atom stereocenters. The average Bonchev–Trinajstić information content (AvgIpc) is 2.29. The molecule has 4 heteroatoms. The molecule has 1 saturated carbocycles. The number of hydrogen-bond acceptors (Lipinski definition) is 4. The van der Waals surface area contributed by atoms with Crippen LogP contribution in [0.25, 0.3) is 0 Å². The molecule has 0 bridgehead atoms. The van der Waals surface area contributed by atoms with Gasteiger partial charge in [-0.1, -0.05) is 20.1 Å². The highest BCUT2D eigenvalue weighted by Crippen LogP contribution is 2.35. The Labute approximate surface area is 94.9 Å². The van der Waals surface area contributed by atoms with Crippen LogP contribution in [0.2, 0.25) is 0 Å². The summed E-state index contributed by atoms with van der Waals surface area (Å²) in [6.45, 7) is 8.65. The number of esters is 2. The fraction of sp³-hybridized carbons (Fsp3) is 0.500. The molecule has 16 heavy (non-hydrogen) atoms. The van der Waals surface area contributed by atoms with Crippen molar-refractivity contribution in [3.05, 3.63) is 25.3 Å². The topological polar surface area (TPSA) is 52.6 Å². The molecule has 0 amide bonds. The van der Waals surface area contributed by atoms with Crippen LogP contribution in [0.15, 0.2) is 25.3 Å². The first kappa shape index (κ1) is 12.5. The molecule has 1 aliphatic rings. The number of carbonyl (C=O) groups excluding carboxylic acids is 2. The molecule has 0 spiro atoms. The van der Waals surface area contributed by atoms with Crippen molar-refractivity contribution in [2.24, 2.45) is 5.92 Å². The predicted molar refractivity (Wildman–Crippen MR) is 58.6 cm³/mol. The average molecular weight is 224 g/mol.